The molecule has 2 aromatic rings. The molecule has 8 heteroatoms. The molecule has 0 aliphatic heterocycles. The van der Waals surface area contributed by atoms with E-state index in [0.717, 1.165) is 4.47 Å². The number of alkyl halides is 2. The first-order chi connectivity index (χ1) is 9.65. The van der Waals surface area contributed by atoms with Gasteiger partial charge in [-0.1, -0.05) is 21.1 Å². The Kier molecular flexibility index (Phi) is 5.42. The van der Waals surface area contributed by atoms with Gasteiger partial charge in [0.15, 0.2) is 5.82 Å². The number of aromatic nitrogens is 2. The van der Waals surface area contributed by atoms with Crippen LogP contribution in [0.25, 0.3) is 0 Å². The molecule has 0 saturated heterocycles. The average Bonchev–Trinajstić information content (AvgIpc) is 2.90. The minimum absolute atomic E-state index is 0.162. The summed E-state index contributed by atoms with van der Waals surface area (Å²) < 4.78 is 34.5. The summed E-state index contributed by atoms with van der Waals surface area (Å²) in [4.78, 5) is 3.88. The molecule has 108 valence electrons. The van der Waals surface area contributed by atoms with E-state index in [9.17, 15) is 8.78 Å². The molecule has 0 unspecified atom stereocenters. The van der Waals surface area contributed by atoms with E-state index >= 15 is 0 Å². The second kappa shape index (κ2) is 7.30. The summed E-state index contributed by atoms with van der Waals surface area (Å²) >= 11 is 3.30. The third kappa shape index (κ3) is 4.53. The summed E-state index contributed by atoms with van der Waals surface area (Å²) in [6.45, 7) is -1.84. The zero-order valence-electron chi connectivity index (χ0n) is 10.4. The molecule has 1 N–H and O–H groups in total. The Labute approximate surface area is 122 Å². The van der Waals surface area contributed by atoms with E-state index in [-0.39, 0.29) is 5.75 Å². The van der Waals surface area contributed by atoms with Crippen LogP contribution in [0, 0.1) is 0 Å². The largest absolute Gasteiger partial charge is 0.434 e. The lowest BCUT2D eigenvalue weighted by Crippen LogP contribution is -2.18. The summed E-state index contributed by atoms with van der Waals surface area (Å²) in [7, 11) is 0. The minimum atomic E-state index is -2.84. The molecule has 5 nitrogen and oxygen atoms in total. The van der Waals surface area contributed by atoms with Crippen molar-refractivity contribution in [2.45, 2.75) is 19.6 Å². The number of hydrogen-bond donors (Lipinski definition) is 1. The number of benzene rings is 1. The van der Waals surface area contributed by atoms with Crippen LogP contribution in [-0.4, -0.2) is 23.3 Å². The fourth-order valence-corrected chi connectivity index (χ4v) is 2.03. The van der Waals surface area contributed by atoms with Crippen molar-refractivity contribution in [3.8, 4) is 5.75 Å². The number of rotatable bonds is 7. The standard InChI is InChI=1S/C12H12BrF2N3O2/c13-9-1-2-10(20-12(14)15)8(5-9)6-16-4-3-11-17-7-19-18-11/h1-2,5,7,12,16H,3-4,6H2. The number of ether oxygens (including phenoxy) is 1. The van der Waals surface area contributed by atoms with Gasteiger partial charge in [-0.25, -0.2) is 0 Å². The molecule has 0 radical (unpaired) electrons. The van der Waals surface area contributed by atoms with Crippen LogP contribution in [0.5, 0.6) is 5.75 Å². The molecule has 0 saturated carbocycles. The molecule has 0 atom stereocenters. The molecule has 2 rings (SSSR count). The lowest BCUT2D eigenvalue weighted by atomic mass is 10.2. The van der Waals surface area contributed by atoms with Crippen molar-refractivity contribution < 1.29 is 18.0 Å². The zero-order valence-corrected chi connectivity index (χ0v) is 11.9. The van der Waals surface area contributed by atoms with Crippen LogP contribution in [0.2, 0.25) is 0 Å². The second-order valence-electron chi connectivity index (χ2n) is 3.90. The van der Waals surface area contributed by atoms with Crippen molar-refractivity contribution in [3.05, 3.63) is 40.5 Å². The first kappa shape index (κ1) is 14.9. The second-order valence-corrected chi connectivity index (χ2v) is 4.82. The Morgan fingerprint density at radius 3 is 2.95 bits per heavy atom. The van der Waals surface area contributed by atoms with Crippen molar-refractivity contribution in [1.82, 2.24) is 15.5 Å². The van der Waals surface area contributed by atoms with Gasteiger partial charge in [-0.2, -0.15) is 13.8 Å². The molecule has 0 fully saturated rings. The highest BCUT2D eigenvalue weighted by atomic mass is 79.9. The monoisotopic (exact) mass is 347 g/mol. The Bertz CT molecular complexity index is 538. The van der Waals surface area contributed by atoms with E-state index < -0.39 is 6.61 Å². The fraction of sp³-hybridized carbons (Fsp3) is 0.333. The molecule has 0 aliphatic rings. The van der Waals surface area contributed by atoms with Crippen LogP contribution in [-0.2, 0) is 13.0 Å². The van der Waals surface area contributed by atoms with Gasteiger partial charge in [-0.15, -0.1) is 0 Å². The molecular weight excluding hydrogens is 336 g/mol. The summed E-state index contributed by atoms with van der Waals surface area (Å²) in [5.41, 5.74) is 0.646. The number of nitrogens with one attached hydrogen (secondary N) is 1. The van der Waals surface area contributed by atoms with Gasteiger partial charge in [0.05, 0.1) is 0 Å². The SMILES string of the molecule is FC(F)Oc1ccc(Br)cc1CNCCc1ncon1. The van der Waals surface area contributed by atoms with Gasteiger partial charge in [0.2, 0.25) is 6.39 Å². The Hall–Kier alpha value is -1.54. The van der Waals surface area contributed by atoms with E-state index in [0.29, 0.717) is 30.9 Å². The molecular formula is C12H12BrF2N3O2. The van der Waals surface area contributed by atoms with E-state index in [2.05, 4.69) is 40.6 Å². The lowest BCUT2D eigenvalue weighted by molar-refractivity contribution is -0.0505. The first-order valence-electron chi connectivity index (χ1n) is 5.84. The zero-order chi connectivity index (χ0) is 14.4. The van der Waals surface area contributed by atoms with Gasteiger partial charge in [0, 0.05) is 29.5 Å². The third-order valence-corrected chi connectivity index (χ3v) is 2.98. The van der Waals surface area contributed by atoms with Gasteiger partial charge >= 0.3 is 6.61 Å². The number of nitrogens with zero attached hydrogens (tertiary/aromatic N) is 2. The van der Waals surface area contributed by atoms with Gasteiger partial charge in [0.1, 0.15) is 5.75 Å². The molecule has 20 heavy (non-hydrogen) atoms. The van der Waals surface area contributed by atoms with Crippen LogP contribution in [0.15, 0.2) is 33.6 Å². The minimum Gasteiger partial charge on any atom is -0.434 e. The highest BCUT2D eigenvalue weighted by Crippen LogP contribution is 2.24. The van der Waals surface area contributed by atoms with Crippen molar-refractivity contribution in [1.29, 1.82) is 0 Å². The van der Waals surface area contributed by atoms with Gasteiger partial charge in [-0.05, 0) is 18.2 Å². The van der Waals surface area contributed by atoms with Crippen LogP contribution in [0.1, 0.15) is 11.4 Å². The van der Waals surface area contributed by atoms with Crippen LogP contribution >= 0.6 is 15.9 Å². The molecule has 1 heterocycles. The Morgan fingerprint density at radius 2 is 2.25 bits per heavy atom. The van der Waals surface area contributed by atoms with Gasteiger partial charge in [-0.3, -0.25) is 0 Å². The number of hydrogen-bond acceptors (Lipinski definition) is 5. The summed E-state index contributed by atoms with van der Waals surface area (Å²) in [5, 5.41) is 6.79. The van der Waals surface area contributed by atoms with Crippen molar-refractivity contribution >= 4 is 15.9 Å². The van der Waals surface area contributed by atoms with Crippen LogP contribution < -0.4 is 10.1 Å². The smallest absolute Gasteiger partial charge is 0.387 e. The highest BCUT2D eigenvalue weighted by molar-refractivity contribution is 9.10. The third-order valence-electron chi connectivity index (χ3n) is 2.49. The summed E-state index contributed by atoms with van der Waals surface area (Å²) in [5.74, 6) is 0.756. The maximum absolute atomic E-state index is 12.3. The van der Waals surface area contributed by atoms with Crippen LogP contribution in [0.4, 0.5) is 8.78 Å². The Morgan fingerprint density at radius 1 is 1.40 bits per heavy atom. The average molecular weight is 348 g/mol. The van der Waals surface area contributed by atoms with Crippen molar-refractivity contribution in [3.63, 3.8) is 0 Å². The van der Waals surface area contributed by atoms with Crippen LogP contribution in [0.3, 0.4) is 0 Å². The summed E-state index contributed by atoms with van der Waals surface area (Å²) in [6.07, 6.45) is 1.85. The van der Waals surface area contributed by atoms with E-state index in [1.54, 1.807) is 12.1 Å². The summed E-state index contributed by atoms with van der Waals surface area (Å²) in [6, 6.07) is 4.89. The topological polar surface area (TPSA) is 60.2 Å². The molecule has 0 amide bonds. The molecule has 1 aromatic carbocycles. The predicted molar refractivity (Wildman–Crippen MR) is 70.5 cm³/mol. The normalized spacial score (nSPS) is 11.0. The quantitative estimate of drug-likeness (QED) is 0.780. The molecule has 0 aliphatic carbocycles. The Balaban J connectivity index is 1.88. The van der Waals surface area contributed by atoms with E-state index in [4.69, 9.17) is 0 Å². The van der Waals surface area contributed by atoms with Gasteiger partial charge in [0.25, 0.3) is 0 Å². The maximum atomic E-state index is 12.3. The molecule has 1 aromatic heterocycles. The molecule has 0 bridgehead atoms. The van der Waals surface area contributed by atoms with E-state index in [1.165, 1.54) is 12.5 Å². The fourth-order valence-electron chi connectivity index (χ4n) is 1.62. The van der Waals surface area contributed by atoms with Gasteiger partial charge < -0.3 is 14.6 Å². The van der Waals surface area contributed by atoms with Crippen molar-refractivity contribution in [2.75, 3.05) is 6.54 Å². The molecule has 0 spiro atoms. The lowest BCUT2D eigenvalue weighted by Gasteiger charge is -2.11. The maximum Gasteiger partial charge on any atom is 0.387 e. The first-order valence-corrected chi connectivity index (χ1v) is 6.63. The van der Waals surface area contributed by atoms with E-state index in [1.807, 2.05) is 0 Å². The highest BCUT2D eigenvalue weighted by Gasteiger charge is 2.10. The predicted octanol–water partition coefficient (Wildman–Crippen LogP) is 2.77. The number of halogens is 3. The van der Waals surface area contributed by atoms with Crippen molar-refractivity contribution in [2.24, 2.45) is 0 Å².